The van der Waals surface area contributed by atoms with Gasteiger partial charge in [0, 0.05) is 34.7 Å². The zero-order valence-electron chi connectivity index (χ0n) is 15.5. The highest BCUT2D eigenvalue weighted by Gasteiger charge is 2.18. The van der Waals surface area contributed by atoms with E-state index in [0.29, 0.717) is 22.9 Å². The molecule has 27 heavy (non-hydrogen) atoms. The predicted octanol–water partition coefficient (Wildman–Crippen LogP) is 4.73. The summed E-state index contributed by atoms with van der Waals surface area (Å²) in [4.78, 5) is 25.3. The largest absolute Gasteiger partial charge is 0.344 e. The summed E-state index contributed by atoms with van der Waals surface area (Å²) < 4.78 is 1.99. The second-order valence-corrected chi connectivity index (χ2v) is 7.08. The molecule has 1 aromatic heterocycles. The van der Waals surface area contributed by atoms with Crippen LogP contribution < -0.4 is 10.7 Å². The third-order valence-electron chi connectivity index (χ3n) is 4.55. The zero-order valence-corrected chi connectivity index (χ0v) is 16.3. The molecule has 0 saturated carbocycles. The van der Waals surface area contributed by atoms with Gasteiger partial charge in [0.05, 0.1) is 0 Å². The molecule has 1 N–H and O–H groups in total. The first kappa shape index (κ1) is 18.9. The Hall–Kier alpha value is -2.85. The molecule has 3 aromatic rings. The number of halogens is 1. The average Bonchev–Trinajstić information content (AvgIpc) is 2.60. The molecule has 2 aromatic carbocycles. The van der Waals surface area contributed by atoms with Crippen LogP contribution in [0, 0.1) is 20.8 Å². The molecule has 0 atom stereocenters. The number of hydrogen-bond acceptors (Lipinski definition) is 2. The summed E-state index contributed by atoms with van der Waals surface area (Å²) in [7, 11) is 0. The number of nitrogens with zero attached hydrogens (tertiary/aromatic N) is 1. The van der Waals surface area contributed by atoms with Crippen LogP contribution in [0.2, 0.25) is 5.02 Å². The zero-order chi connectivity index (χ0) is 19.6. The van der Waals surface area contributed by atoms with E-state index in [2.05, 4.69) is 29.6 Å². The van der Waals surface area contributed by atoms with Crippen LogP contribution in [0.25, 0.3) is 0 Å². The number of benzene rings is 2. The van der Waals surface area contributed by atoms with Gasteiger partial charge >= 0.3 is 0 Å². The third kappa shape index (κ3) is 4.29. The van der Waals surface area contributed by atoms with Crippen LogP contribution in [0.4, 0.5) is 5.69 Å². The Balaban J connectivity index is 1.96. The van der Waals surface area contributed by atoms with Gasteiger partial charge in [-0.15, -0.1) is 0 Å². The van der Waals surface area contributed by atoms with Crippen molar-refractivity contribution in [1.29, 1.82) is 0 Å². The first-order valence-corrected chi connectivity index (χ1v) is 9.06. The lowest BCUT2D eigenvalue weighted by atomic mass is 10.1. The summed E-state index contributed by atoms with van der Waals surface area (Å²) in [5.74, 6) is -0.433. The Bertz CT molecular complexity index is 1050. The molecule has 3 rings (SSSR count). The monoisotopic (exact) mass is 380 g/mol. The number of carbonyl (C=O) groups excluding carboxylic acids is 1. The Kier molecular flexibility index (Phi) is 5.47. The molecule has 0 bridgehead atoms. The van der Waals surface area contributed by atoms with Crippen molar-refractivity contribution in [2.45, 2.75) is 27.3 Å². The number of nitrogens with one attached hydrogen (secondary N) is 1. The van der Waals surface area contributed by atoms with Crippen molar-refractivity contribution < 1.29 is 4.79 Å². The van der Waals surface area contributed by atoms with Crippen LogP contribution in [0.3, 0.4) is 0 Å². The van der Waals surface area contributed by atoms with E-state index >= 15 is 0 Å². The normalized spacial score (nSPS) is 10.7. The Labute approximate surface area is 163 Å². The fourth-order valence-electron chi connectivity index (χ4n) is 3.07. The number of aromatic nitrogens is 1. The average molecular weight is 381 g/mol. The van der Waals surface area contributed by atoms with Crippen LogP contribution in [0.15, 0.2) is 59.4 Å². The Morgan fingerprint density at radius 1 is 1.04 bits per heavy atom. The van der Waals surface area contributed by atoms with Gasteiger partial charge in [0.1, 0.15) is 5.56 Å². The van der Waals surface area contributed by atoms with E-state index in [1.165, 1.54) is 11.6 Å². The molecule has 138 valence electrons. The van der Waals surface area contributed by atoms with Gasteiger partial charge in [-0.3, -0.25) is 9.59 Å². The van der Waals surface area contributed by atoms with Gasteiger partial charge in [0.15, 0.2) is 5.43 Å². The molecular weight excluding hydrogens is 360 g/mol. The molecule has 0 spiro atoms. The lowest BCUT2D eigenvalue weighted by Gasteiger charge is -2.18. The third-order valence-corrected chi connectivity index (χ3v) is 4.78. The maximum atomic E-state index is 12.8. The lowest BCUT2D eigenvalue weighted by molar-refractivity contribution is 0.102. The lowest BCUT2D eigenvalue weighted by Crippen LogP contribution is -2.27. The van der Waals surface area contributed by atoms with Crippen LogP contribution in [0.5, 0.6) is 0 Å². The molecular formula is C22H21ClN2O2. The fourth-order valence-corrected chi connectivity index (χ4v) is 3.26. The van der Waals surface area contributed by atoms with E-state index in [1.807, 2.05) is 18.4 Å². The minimum Gasteiger partial charge on any atom is -0.344 e. The van der Waals surface area contributed by atoms with Gasteiger partial charge in [-0.1, -0.05) is 47.5 Å². The Morgan fingerprint density at radius 3 is 2.41 bits per heavy atom. The van der Waals surface area contributed by atoms with Crippen molar-refractivity contribution in [2.75, 3.05) is 5.32 Å². The number of aryl methyl sites for hydroxylation is 2. The standard InChI is InChI=1S/C22H21ClN2O2/c1-14-7-9-17(10-8-14)13-25-15(2)11-20(26)21(16(25)3)22(27)24-19-6-4-5-18(23)12-19/h4-12H,13H2,1-3H3,(H,24,27). The van der Waals surface area contributed by atoms with Crippen molar-refractivity contribution in [3.05, 3.63) is 97.9 Å². The molecule has 0 fully saturated rings. The van der Waals surface area contributed by atoms with Crippen molar-refractivity contribution in [2.24, 2.45) is 0 Å². The highest BCUT2D eigenvalue weighted by molar-refractivity contribution is 6.31. The predicted molar refractivity (Wildman–Crippen MR) is 110 cm³/mol. The number of hydrogen-bond donors (Lipinski definition) is 1. The molecule has 0 aliphatic heterocycles. The highest BCUT2D eigenvalue weighted by atomic mass is 35.5. The number of pyridine rings is 1. The number of rotatable bonds is 4. The molecule has 1 amide bonds. The maximum absolute atomic E-state index is 12.8. The van der Waals surface area contributed by atoms with E-state index in [1.54, 1.807) is 31.2 Å². The van der Waals surface area contributed by atoms with Crippen LogP contribution in [-0.2, 0) is 6.54 Å². The molecule has 0 unspecified atom stereocenters. The van der Waals surface area contributed by atoms with E-state index < -0.39 is 5.91 Å². The summed E-state index contributed by atoms with van der Waals surface area (Å²) >= 11 is 5.97. The van der Waals surface area contributed by atoms with Crippen molar-refractivity contribution >= 4 is 23.2 Å². The SMILES string of the molecule is Cc1ccc(Cn2c(C)cc(=O)c(C(=O)Nc3cccc(Cl)c3)c2C)cc1. The topological polar surface area (TPSA) is 51.1 Å². The van der Waals surface area contributed by atoms with Crippen LogP contribution >= 0.6 is 11.6 Å². The second kappa shape index (κ2) is 7.80. The van der Waals surface area contributed by atoms with Crippen LogP contribution in [0.1, 0.15) is 32.9 Å². The van der Waals surface area contributed by atoms with Crippen LogP contribution in [-0.4, -0.2) is 10.5 Å². The minimum atomic E-state index is -0.433. The molecule has 4 nitrogen and oxygen atoms in total. The first-order chi connectivity index (χ1) is 12.8. The summed E-state index contributed by atoms with van der Waals surface area (Å²) in [6.07, 6.45) is 0. The van der Waals surface area contributed by atoms with Gasteiger partial charge in [0.2, 0.25) is 0 Å². The number of carbonyl (C=O) groups is 1. The van der Waals surface area contributed by atoms with Gasteiger partial charge in [-0.2, -0.15) is 0 Å². The molecule has 0 aliphatic carbocycles. The molecule has 0 saturated heterocycles. The summed E-state index contributed by atoms with van der Waals surface area (Å²) in [5, 5.41) is 3.28. The maximum Gasteiger partial charge on any atom is 0.261 e. The first-order valence-electron chi connectivity index (χ1n) is 8.68. The molecule has 0 aliphatic rings. The van der Waals surface area contributed by atoms with E-state index in [0.717, 1.165) is 11.3 Å². The summed E-state index contributed by atoms with van der Waals surface area (Å²) in [6.45, 7) is 6.31. The highest BCUT2D eigenvalue weighted by Crippen LogP contribution is 2.17. The van der Waals surface area contributed by atoms with Gasteiger partial charge in [-0.25, -0.2) is 0 Å². The minimum absolute atomic E-state index is 0.146. The van der Waals surface area contributed by atoms with E-state index in [4.69, 9.17) is 11.6 Å². The van der Waals surface area contributed by atoms with Gasteiger partial charge in [0.25, 0.3) is 5.91 Å². The van der Waals surface area contributed by atoms with Crippen molar-refractivity contribution in [3.63, 3.8) is 0 Å². The molecule has 1 heterocycles. The summed E-state index contributed by atoms with van der Waals surface area (Å²) in [6, 6.07) is 16.6. The van der Waals surface area contributed by atoms with Gasteiger partial charge < -0.3 is 9.88 Å². The van der Waals surface area contributed by atoms with E-state index in [9.17, 15) is 9.59 Å². The van der Waals surface area contributed by atoms with Crippen molar-refractivity contribution in [3.8, 4) is 0 Å². The molecule has 0 radical (unpaired) electrons. The number of amides is 1. The van der Waals surface area contributed by atoms with E-state index in [-0.39, 0.29) is 11.0 Å². The van der Waals surface area contributed by atoms with Crippen molar-refractivity contribution in [1.82, 2.24) is 4.57 Å². The van der Waals surface area contributed by atoms with Gasteiger partial charge in [-0.05, 0) is 44.5 Å². The second-order valence-electron chi connectivity index (χ2n) is 6.65. The molecule has 5 heteroatoms. The Morgan fingerprint density at radius 2 is 1.74 bits per heavy atom. The summed E-state index contributed by atoms with van der Waals surface area (Å²) in [5.41, 5.74) is 4.16. The quantitative estimate of drug-likeness (QED) is 0.711. The smallest absolute Gasteiger partial charge is 0.261 e. The number of anilines is 1. The fraction of sp³-hybridized carbons (Fsp3) is 0.182.